The molecule has 0 saturated carbocycles. The molecule has 3 aromatic carbocycles. The Morgan fingerprint density at radius 1 is 0.636 bits per heavy atom. The molecule has 110 valence electrons. The summed E-state index contributed by atoms with van der Waals surface area (Å²) in [7, 11) is -1.01. The monoisotopic (exact) mass is 306 g/mol. The van der Waals surface area contributed by atoms with Gasteiger partial charge in [0.25, 0.3) is 0 Å². The minimum atomic E-state index is -1.01. The van der Waals surface area contributed by atoms with E-state index in [2.05, 4.69) is 24.3 Å². The van der Waals surface area contributed by atoms with Gasteiger partial charge in [-0.15, -0.1) is 0 Å². The van der Waals surface area contributed by atoms with Gasteiger partial charge < -0.3 is 0 Å². The summed E-state index contributed by atoms with van der Waals surface area (Å²) in [4.78, 5) is 0. The quantitative estimate of drug-likeness (QED) is 0.666. The maximum absolute atomic E-state index is 13.0. The lowest BCUT2D eigenvalue weighted by Gasteiger charge is -2.18. The maximum atomic E-state index is 13.0. The first kappa shape index (κ1) is 14.7. The van der Waals surface area contributed by atoms with Gasteiger partial charge in [-0.2, -0.15) is 0 Å². The molecule has 1 nitrogen and oxygen atoms in total. The van der Waals surface area contributed by atoms with Crippen LogP contribution < -0.4 is 0 Å². The first-order chi connectivity index (χ1) is 10.8. The van der Waals surface area contributed by atoms with E-state index in [1.165, 1.54) is 0 Å². The Morgan fingerprint density at radius 2 is 1.05 bits per heavy atom. The van der Waals surface area contributed by atoms with Gasteiger partial charge in [0.05, 0.1) is 5.25 Å². The highest BCUT2D eigenvalue weighted by atomic mass is 32.2. The van der Waals surface area contributed by atoms with Gasteiger partial charge in [-0.05, 0) is 16.7 Å². The van der Waals surface area contributed by atoms with Crippen molar-refractivity contribution in [1.29, 1.82) is 0 Å². The van der Waals surface area contributed by atoms with E-state index < -0.39 is 10.8 Å². The van der Waals surface area contributed by atoms with Crippen LogP contribution >= 0.6 is 0 Å². The van der Waals surface area contributed by atoms with Gasteiger partial charge in [-0.3, -0.25) is 4.21 Å². The van der Waals surface area contributed by atoms with Gasteiger partial charge in [0.15, 0.2) is 0 Å². The molecule has 1 unspecified atom stereocenters. The molecule has 0 heterocycles. The molecule has 0 N–H and O–H groups in total. The van der Waals surface area contributed by atoms with Crippen molar-refractivity contribution in [3.8, 4) is 0 Å². The van der Waals surface area contributed by atoms with Crippen LogP contribution in [0.2, 0.25) is 0 Å². The predicted octanol–water partition coefficient (Wildman–Crippen LogP) is 4.72. The molecule has 0 aromatic heterocycles. The molecule has 0 bridgehead atoms. The van der Waals surface area contributed by atoms with Crippen LogP contribution in [0.15, 0.2) is 91.0 Å². The molecule has 22 heavy (non-hydrogen) atoms. The minimum absolute atomic E-state index is 0.0948. The van der Waals surface area contributed by atoms with E-state index >= 15 is 0 Å². The van der Waals surface area contributed by atoms with Crippen LogP contribution in [0.4, 0.5) is 0 Å². The summed E-state index contributed by atoms with van der Waals surface area (Å²) in [6.45, 7) is 0. The Kier molecular flexibility index (Phi) is 4.81. The summed E-state index contributed by atoms with van der Waals surface area (Å²) in [5, 5.41) is -0.0948. The normalized spacial score (nSPS) is 12.2. The van der Waals surface area contributed by atoms with Crippen LogP contribution in [0, 0.1) is 0 Å². The predicted molar refractivity (Wildman–Crippen MR) is 93.0 cm³/mol. The molecule has 3 aromatic rings. The molecule has 0 aliphatic heterocycles. The van der Waals surface area contributed by atoms with E-state index in [0.29, 0.717) is 5.75 Å². The number of rotatable bonds is 5. The van der Waals surface area contributed by atoms with E-state index in [-0.39, 0.29) is 5.25 Å². The van der Waals surface area contributed by atoms with E-state index in [1.54, 1.807) is 0 Å². The van der Waals surface area contributed by atoms with Crippen LogP contribution in [0.5, 0.6) is 0 Å². The number of benzene rings is 3. The van der Waals surface area contributed by atoms with Crippen LogP contribution in [0.25, 0.3) is 0 Å². The molecular formula is C20H18OS. The fraction of sp³-hybridized carbons (Fsp3) is 0.100. The van der Waals surface area contributed by atoms with Crippen molar-refractivity contribution >= 4 is 10.8 Å². The van der Waals surface area contributed by atoms with Crippen molar-refractivity contribution < 1.29 is 4.21 Å². The summed E-state index contributed by atoms with van der Waals surface area (Å²) in [5.41, 5.74) is 3.31. The second-order valence-corrected chi connectivity index (χ2v) is 6.73. The van der Waals surface area contributed by atoms with Crippen molar-refractivity contribution in [2.75, 3.05) is 0 Å². The Morgan fingerprint density at radius 3 is 1.50 bits per heavy atom. The van der Waals surface area contributed by atoms with Crippen molar-refractivity contribution in [2.45, 2.75) is 11.0 Å². The Balaban J connectivity index is 1.94. The third kappa shape index (κ3) is 3.52. The first-order valence-electron chi connectivity index (χ1n) is 7.35. The standard InChI is InChI=1S/C20H18OS/c21-22(16-17-10-4-1-5-11-17)20(18-12-6-2-7-13-18)19-14-8-3-9-15-19/h1-15,20H,16H2. The van der Waals surface area contributed by atoms with Crippen molar-refractivity contribution in [1.82, 2.24) is 0 Å². The highest BCUT2D eigenvalue weighted by Gasteiger charge is 2.21. The lowest BCUT2D eigenvalue weighted by Crippen LogP contribution is -2.10. The second-order valence-electron chi connectivity index (χ2n) is 5.21. The van der Waals surface area contributed by atoms with Crippen molar-refractivity contribution in [3.05, 3.63) is 108 Å². The topological polar surface area (TPSA) is 17.1 Å². The smallest absolute Gasteiger partial charge is 0.0850 e. The molecule has 0 amide bonds. The number of hydrogen-bond acceptors (Lipinski definition) is 1. The summed E-state index contributed by atoms with van der Waals surface area (Å²) in [6.07, 6.45) is 0. The van der Waals surface area contributed by atoms with E-state index in [9.17, 15) is 4.21 Å². The molecule has 0 fully saturated rings. The Hall–Kier alpha value is -2.19. The zero-order valence-electron chi connectivity index (χ0n) is 12.3. The van der Waals surface area contributed by atoms with Crippen LogP contribution in [0.3, 0.4) is 0 Å². The third-order valence-electron chi connectivity index (χ3n) is 3.62. The molecule has 2 heteroatoms. The number of hydrogen-bond donors (Lipinski definition) is 0. The van der Waals surface area contributed by atoms with Gasteiger partial charge in [0.1, 0.15) is 0 Å². The molecule has 0 radical (unpaired) electrons. The highest BCUT2D eigenvalue weighted by molar-refractivity contribution is 7.84. The molecule has 3 rings (SSSR count). The lowest BCUT2D eigenvalue weighted by atomic mass is 10.0. The fourth-order valence-corrected chi connectivity index (χ4v) is 4.18. The van der Waals surface area contributed by atoms with Crippen LogP contribution in [0.1, 0.15) is 21.9 Å². The highest BCUT2D eigenvalue weighted by Crippen LogP contribution is 2.29. The maximum Gasteiger partial charge on any atom is 0.0850 e. The van der Waals surface area contributed by atoms with E-state index in [0.717, 1.165) is 16.7 Å². The van der Waals surface area contributed by atoms with Crippen LogP contribution in [-0.4, -0.2) is 4.21 Å². The van der Waals surface area contributed by atoms with Gasteiger partial charge in [0, 0.05) is 16.6 Å². The van der Waals surface area contributed by atoms with Crippen LogP contribution in [-0.2, 0) is 16.6 Å². The lowest BCUT2D eigenvalue weighted by molar-refractivity contribution is 0.677. The minimum Gasteiger partial charge on any atom is -0.258 e. The molecule has 0 aliphatic carbocycles. The molecule has 1 atom stereocenters. The van der Waals surface area contributed by atoms with Gasteiger partial charge in [-0.25, -0.2) is 0 Å². The van der Waals surface area contributed by atoms with Gasteiger partial charge in [0.2, 0.25) is 0 Å². The zero-order chi connectivity index (χ0) is 15.2. The third-order valence-corrected chi connectivity index (χ3v) is 5.31. The summed E-state index contributed by atoms with van der Waals surface area (Å²) >= 11 is 0. The second kappa shape index (κ2) is 7.19. The van der Waals surface area contributed by atoms with E-state index in [4.69, 9.17) is 0 Å². The molecule has 0 spiro atoms. The van der Waals surface area contributed by atoms with E-state index in [1.807, 2.05) is 66.7 Å². The Bertz CT molecular complexity index is 684. The van der Waals surface area contributed by atoms with Crippen molar-refractivity contribution in [2.24, 2.45) is 0 Å². The first-order valence-corrected chi connectivity index (χ1v) is 8.74. The molecule has 0 aliphatic rings. The van der Waals surface area contributed by atoms with Crippen molar-refractivity contribution in [3.63, 3.8) is 0 Å². The fourth-order valence-electron chi connectivity index (χ4n) is 2.57. The summed E-state index contributed by atoms with van der Waals surface area (Å²) in [5.74, 6) is 0.565. The average Bonchev–Trinajstić information content (AvgIpc) is 2.58. The van der Waals surface area contributed by atoms with Gasteiger partial charge >= 0.3 is 0 Å². The molecular weight excluding hydrogens is 288 g/mol. The average molecular weight is 306 g/mol. The SMILES string of the molecule is O=S(Cc1ccccc1)C(c1ccccc1)c1ccccc1. The molecule has 0 saturated heterocycles. The zero-order valence-corrected chi connectivity index (χ0v) is 13.1. The summed E-state index contributed by atoms with van der Waals surface area (Å²) < 4.78 is 13.0. The summed E-state index contributed by atoms with van der Waals surface area (Å²) in [6, 6.07) is 30.3. The van der Waals surface area contributed by atoms with Gasteiger partial charge in [-0.1, -0.05) is 91.0 Å². The Labute approximate surface area is 134 Å². The largest absolute Gasteiger partial charge is 0.258 e.